The highest BCUT2D eigenvalue weighted by atomic mass is 16.5. The molecule has 4 nitrogen and oxygen atoms in total. The number of hydrogen-bond donors (Lipinski definition) is 1. The van der Waals surface area contributed by atoms with E-state index in [0.717, 1.165) is 30.8 Å². The quantitative estimate of drug-likeness (QED) is 0.725. The van der Waals surface area contributed by atoms with Crippen LogP contribution in [0, 0.1) is 0 Å². The van der Waals surface area contributed by atoms with Crippen molar-refractivity contribution in [1.82, 2.24) is 10.2 Å². The van der Waals surface area contributed by atoms with Crippen LogP contribution in [0.5, 0.6) is 5.75 Å². The summed E-state index contributed by atoms with van der Waals surface area (Å²) < 4.78 is 5.91. The molecule has 25 heavy (non-hydrogen) atoms. The van der Waals surface area contributed by atoms with E-state index in [9.17, 15) is 4.79 Å². The van der Waals surface area contributed by atoms with Crippen molar-refractivity contribution in [2.24, 2.45) is 0 Å². The molecule has 1 aromatic rings. The van der Waals surface area contributed by atoms with Gasteiger partial charge in [-0.15, -0.1) is 0 Å². The van der Waals surface area contributed by atoms with Gasteiger partial charge in [0, 0.05) is 6.54 Å². The number of ether oxygens (including phenoxy) is 1. The maximum atomic E-state index is 12.3. The molecule has 2 rings (SSSR count). The molecule has 0 radical (unpaired) electrons. The van der Waals surface area contributed by atoms with Crippen LogP contribution in [-0.2, 0) is 4.79 Å². The third-order valence-electron chi connectivity index (χ3n) is 4.86. The molecule has 1 N–H and O–H groups in total. The Morgan fingerprint density at radius 1 is 1.12 bits per heavy atom. The zero-order chi connectivity index (χ0) is 18.1. The lowest BCUT2D eigenvalue weighted by Gasteiger charge is -2.21. The molecule has 4 heteroatoms. The van der Waals surface area contributed by atoms with E-state index >= 15 is 0 Å². The number of carbonyl (C=O) groups excluding carboxylic acids is 1. The van der Waals surface area contributed by atoms with Gasteiger partial charge < -0.3 is 15.0 Å². The molecule has 0 aromatic heterocycles. The van der Waals surface area contributed by atoms with E-state index in [1.807, 2.05) is 25.1 Å². The van der Waals surface area contributed by atoms with Gasteiger partial charge in [-0.25, -0.2) is 0 Å². The number of hydrogen-bond acceptors (Lipinski definition) is 3. The summed E-state index contributed by atoms with van der Waals surface area (Å²) in [6.45, 7) is 10.3. The molecule has 0 bridgehead atoms. The van der Waals surface area contributed by atoms with Crippen LogP contribution >= 0.6 is 0 Å². The average Bonchev–Trinajstić information content (AvgIpc) is 2.87. The fourth-order valence-corrected chi connectivity index (χ4v) is 3.33. The molecular weight excluding hydrogens is 312 g/mol. The minimum absolute atomic E-state index is 0.0329. The van der Waals surface area contributed by atoms with Crippen molar-refractivity contribution in [3.05, 3.63) is 29.8 Å². The van der Waals surface area contributed by atoms with E-state index < -0.39 is 6.10 Å². The average molecular weight is 347 g/mol. The van der Waals surface area contributed by atoms with Crippen molar-refractivity contribution in [2.45, 2.75) is 64.9 Å². The monoisotopic (exact) mass is 346 g/mol. The Morgan fingerprint density at radius 2 is 1.80 bits per heavy atom. The molecule has 1 heterocycles. The largest absolute Gasteiger partial charge is 0.481 e. The fraction of sp³-hybridized carbons (Fsp3) is 0.667. The molecule has 0 saturated carbocycles. The number of benzene rings is 1. The zero-order valence-corrected chi connectivity index (χ0v) is 16.1. The molecule has 1 fully saturated rings. The molecule has 1 aromatic carbocycles. The highest BCUT2D eigenvalue weighted by Crippen LogP contribution is 2.26. The summed E-state index contributed by atoms with van der Waals surface area (Å²) in [6, 6.07) is 7.97. The first kappa shape index (κ1) is 19.8. The van der Waals surface area contributed by atoms with Crippen LogP contribution in [0.25, 0.3) is 0 Å². The Hall–Kier alpha value is -1.55. The topological polar surface area (TPSA) is 41.6 Å². The Morgan fingerprint density at radius 3 is 2.48 bits per heavy atom. The van der Waals surface area contributed by atoms with Gasteiger partial charge >= 0.3 is 0 Å². The van der Waals surface area contributed by atoms with Crippen LogP contribution < -0.4 is 10.1 Å². The van der Waals surface area contributed by atoms with Crippen molar-refractivity contribution in [2.75, 3.05) is 26.2 Å². The van der Waals surface area contributed by atoms with Crippen molar-refractivity contribution in [3.63, 3.8) is 0 Å². The lowest BCUT2D eigenvalue weighted by atomic mass is 10.0. The van der Waals surface area contributed by atoms with Crippen molar-refractivity contribution in [1.29, 1.82) is 0 Å². The van der Waals surface area contributed by atoms with Crippen LogP contribution in [0.15, 0.2) is 24.3 Å². The zero-order valence-electron chi connectivity index (χ0n) is 16.1. The van der Waals surface area contributed by atoms with Gasteiger partial charge in [0.1, 0.15) is 5.75 Å². The van der Waals surface area contributed by atoms with Gasteiger partial charge in [0.25, 0.3) is 5.91 Å². The van der Waals surface area contributed by atoms with Gasteiger partial charge in [0.15, 0.2) is 6.10 Å². The minimum atomic E-state index is -0.474. The SMILES string of the molecule is CC(Oc1ccccc1C(C)C)C(=O)NCCCN1CCCCCC1. The van der Waals surface area contributed by atoms with Crippen LogP contribution in [-0.4, -0.2) is 43.1 Å². The standard InChI is InChI=1S/C21H34N2O2/c1-17(2)19-11-6-7-12-20(19)25-18(3)21(24)22-13-10-16-23-14-8-4-5-9-15-23/h6-7,11-12,17-18H,4-5,8-10,13-16H2,1-3H3,(H,22,24). The highest BCUT2D eigenvalue weighted by Gasteiger charge is 2.17. The summed E-state index contributed by atoms with van der Waals surface area (Å²) in [6.07, 6.45) is 5.87. The number of amides is 1. The number of likely N-dealkylation sites (tertiary alicyclic amines) is 1. The number of nitrogens with one attached hydrogen (secondary N) is 1. The first-order valence-corrected chi connectivity index (χ1v) is 9.83. The Labute approximate surface area is 152 Å². The smallest absolute Gasteiger partial charge is 0.260 e. The maximum Gasteiger partial charge on any atom is 0.260 e. The summed E-state index contributed by atoms with van der Waals surface area (Å²) in [5.41, 5.74) is 1.14. The maximum absolute atomic E-state index is 12.3. The summed E-state index contributed by atoms with van der Waals surface area (Å²) in [7, 11) is 0. The second kappa shape index (κ2) is 10.4. The van der Waals surface area contributed by atoms with E-state index in [1.165, 1.54) is 38.8 Å². The second-order valence-corrected chi connectivity index (χ2v) is 7.35. The van der Waals surface area contributed by atoms with Crippen LogP contribution in [0.3, 0.4) is 0 Å². The van der Waals surface area contributed by atoms with Crippen LogP contribution in [0.1, 0.15) is 64.4 Å². The molecule has 1 saturated heterocycles. The van der Waals surface area contributed by atoms with Gasteiger partial charge in [0.2, 0.25) is 0 Å². The van der Waals surface area contributed by atoms with E-state index in [-0.39, 0.29) is 5.91 Å². The Balaban J connectivity index is 1.71. The molecular formula is C21H34N2O2. The van der Waals surface area contributed by atoms with Crippen molar-refractivity contribution >= 4 is 5.91 Å². The summed E-state index contributed by atoms with van der Waals surface area (Å²) in [5.74, 6) is 1.15. The third kappa shape index (κ3) is 6.69. The van der Waals surface area contributed by atoms with E-state index in [0.29, 0.717) is 5.92 Å². The van der Waals surface area contributed by atoms with Crippen LogP contribution in [0.4, 0.5) is 0 Å². The summed E-state index contributed by atoms with van der Waals surface area (Å²) >= 11 is 0. The Bertz CT molecular complexity index is 522. The molecule has 1 atom stereocenters. The molecule has 1 unspecified atom stereocenters. The van der Waals surface area contributed by atoms with Gasteiger partial charge in [-0.2, -0.15) is 0 Å². The normalized spacial score (nSPS) is 17.1. The van der Waals surface area contributed by atoms with E-state index in [2.05, 4.69) is 30.1 Å². The van der Waals surface area contributed by atoms with E-state index in [4.69, 9.17) is 4.74 Å². The summed E-state index contributed by atoms with van der Waals surface area (Å²) in [5, 5.41) is 3.02. The lowest BCUT2D eigenvalue weighted by molar-refractivity contribution is -0.127. The number of carbonyl (C=O) groups is 1. The van der Waals surface area contributed by atoms with Crippen LogP contribution in [0.2, 0.25) is 0 Å². The molecule has 140 valence electrons. The third-order valence-corrected chi connectivity index (χ3v) is 4.86. The minimum Gasteiger partial charge on any atom is -0.481 e. The highest BCUT2D eigenvalue weighted by molar-refractivity contribution is 5.80. The van der Waals surface area contributed by atoms with Gasteiger partial charge in [-0.1, -0.05) is 44.9 Å². The number of nitrogens with zero attached hydrogens (tertiary/aromatic N) is 1. The predicted octanol–water partition coefficient (Wildman–Crippen LogP) is 3.96. The molecule has 1 amide bonds. The first-order chi connectivity index (χ1) is 12.1. The lowest BCUT2D eigenvalue weighted by Crippen LogP contribution is -2.38. The molecule has 0 spiro atoms. The molecule has 1 aliphatic rings. The first-order valence-electron chi connectivity index (χ1n) is 9.83. The second-order valence-electron chi connectivity index (χ2n) is 7.35. The number of para-hydroxylation sites is 1. The van der Waals surface area contributed by atoms with Gasteiger partial charge in [-0.3, -0.25) is 4.79 Å². The Kier molecular flexibility index (Phi) is 8.26. The molecule has 0 aliphatic carbocycles. The molecule has 1 aliphatic heterocycles. The van der Waals surface area contributed by atoms with Gasteiger partial charge in [-0.05, 0) is 63.4 Å². The fourth-order valence-electron chi connectivity index (χ4n) is 3.33. The predicted molar refractivity (Wildman–Crippen MR) is 103 cm³/mol. The van der Waals surface area contributed by atoms with Crippen molar-refractivity contribution < 1.29 is 9.53 Å². The van der Waals surface area contributed by atoms with Gasteiger partial charge in [0.05, 0.1) is 0 Å². The number of rotatable bonds is 8. The van der Waals surface area contributed by atoms with Crippen molar-refractivity contribution in [3.8, 4) is 5.75 Å². The van der Waals surface area contributed by atoms with E-state index in [1.54, 1.807) is 0 Å². The summed E-state index contributed by atoms with van der Waals surface area (Å²) in [4.78, 5) is 14.8.